The number of rotatable bonds is 7. The molecule has 0 unspecified atom stereocenters. The molecule has 2 aromatic carbocycles. The monoisotopic (exact) mass is 490 g/mol. The molecule has 0 radical (unpaired) electrons. The van der Waals surface area contributed by atoms with Crippen LogP contribution in [0.4, 0.5) is 0 Å². The smallest absolute Gasteiger partial charge is 0.298 e. The van der Waals surface area contributed by atoms with Gasteiger partial charge in [-0.3, -0.25) is 4.55 Å². The molecular formula is C26H35O5PS. The number of benzene rings is 2. The summed E-state index contributed by atoms with van der Waals surface area (Å²) in [6, 6.07) is 11.4. The molecule has 0 bridgehead atoms. The number of ether oxygens (including phenoxy) is 2. The molecule has 0 atom stereocenters. The molecule has 2 aliphatic carbocycles. The average Bonchev–Trinajstić information content (AvgIpc) is 2.84. The fourth-order valence-electron chi connectivity index (χ4n) is 5.69. The van der Waals surface area contributed by atoms with E-state index in [0.29, 0.717) is 22.6 Å². The Balaban J connectivity index is 1.99. The highest BCUT2D eigenvalue weighted by atomic mass is 32.2. The van der Waals surface area contributed by atoms with E-state index in [-0.39, 0.29) is 10.6 Å². The molecule has 7 heteroatoms. The van der Waals surface area contributed by atoms with Crippen LogP contribution in [-0.2, 0) is 10.1 Å². The molecule has 2 saturated carbocycles. The second-order valence-electron chi connectivity index (χ2n) is 9.17. The Hall–Kier alpha value is -1.62. The first kappa shape index (κ1) is 24.5. The van der Waals surface area contributed by atoms with Gasteiger partial charge in [0.1, 0.15) is 10.6 Å². The molecule has 2 aliphatic rings. The summed E-state index contributed by atoms with van der Waals surface area (Å²) in [6.07, 6.45) is 11.7. The van der Waals surface area contributed by atoms with E-state index in [2.05, 4.69) is 0 Å². The van der Waals surface area contributed by atoms with Gasteiger partial charge >= 0.3 is 0 Å². The summed E-state index contributed by atoms with van der Waals surface area (Å²) >= 11 is 0. The minimum Gasteiger partial charge on any atom is -0.496 e. The first-order valence-corrected chi connectivity index (χ1v) is 15.0. The van der Waals surface area contributed by atoms with E-state index in [4.69, 9.17) is 9.47 Å². The Labute approximate surface area is 199 Å². The van der Waals surface area contributed by atoms with Crippen molar-refractivity contribution in [1.29, 1.82) is 0 Å². The third-order valence-corrected chi connectivity index (χ3v) is 11.7. The Morgan fingerprint density at radius 1 is 0.848 bits per heavy atom. The van der Waals surface area contributed by atoms with E-state index in [1.807, 2.05) is 36.4 Å². The van der Waals surface area contributed by atoms with Gasteiger partial charge in [-0.05, 0) is 48.6 Å². The maximum Gasteiger partial charge on any atom is 0.298 e. The second kappa shape index (κ2) is 10.8. The van der Waals surface area contributed by atoms with Crippen LogP contribution < -0.4 is 14.8 Å². The zero-order valence-corrected chi connectivity index (χ0v) is 21.3. The summed E-state index contributed by atoms with van der Waals surface area (Å²) in [7, 11) is -2.23. The molecule has 1 N–H and O–H groups in total. The second-order valence-corrected chi connectivity index (χ2v) is 13.3. The van der Waals surface area contributed by atoms with Gasteiger partial charge in [0.25, 0.3) is 10.1 Å². The molecular weight excluding hydrogens is 455 g/mol. The van der Waals surface area contributed by atoms with Crippen molar-refractivity contribution in [2.24, 2.45) is 0 Å². The molecule has 4 rings (SSSR count). The predicted octanol–water partition coefficient (Wildman–Crippen LogP) is 6.39. The van der Waals surface area contributed by atoms with Gasteiger partial charge in [-0.15, -0.1) is 0 Å². The highest BCUT2D eigenvalue weighted by molar-refractivity contribution is 7.87. The molecule has 0 aliphatic heterocycles. The first-order chi connectivity index (χ1) is 16.0. The van der Waals surface area contributed by atoms with Gasteiger partial charge in [0.15, 0.2) is 5.75 Å². The molecule has 0 heterocycles. The van der Waals surface area contributed by atoms with E-state index in [0.717, 1.165) is 36.6 Å². The topological polar surface area (TPSA) is 72.8 Å². The van der Waals surface area contributed by atoms with Crippen molar-refractivity contribution in [2.45, 2.75) is 80.4 Å². The molecule has 5 nitrogen and oxygen atoms in total. The summed E-state index contributed by atoms with van der Waals surface area (Å²) in [5.41, 5.74) is 2.30. The molecule has 0 spiro atoms. The lowest BCUT2D eigenvalue weighted by Crippen LogP contribution is -2.29. The minimum atomic E-state index is -4.52. The Morgan fingerprint density at radius 3 is 1.85 bits per heavy atom. The molecule has 33 heavy (non-hydrogen) atoms. The van der Waals surface area contributed by atoms with Gasteiger partial charge < -0.3 is 9.47 Å². The normalized spacial score (nSPS) is 18.4. The van der Waals surface area contributed by atoms with Crippen LogP contribution in [0.25, 0.3) is 11.1 Å². The standard InChI is InChI=1S/C26H35O5PS/c1-30-22-18-23(32(20-14-8-4-9-15-20)21-16-10-5-11-17-21)26(33(27,28)29)25(31-2)24(22)19-12-6-3-7-13-19/h3,6-7,12-13,18,20-21H,4-5,8-11,14-17H2,1-2H3,(H,27,28,29). The van der Waals surface area contributed by atoms with Gasteiger partial charge in [-0.25, -0.2) is 0 Å². The van der Waals surface area contributed by atoms with Gasteiger partial charge in [-0.2, -0.15) is 8.42 Å². The fraction of sp³-hybridized carbons (Fsp3) is 0.538. The van der Waals surface area contributed by atoms with Gasteiger partial charge in [0, 0.05) is 5.30 Å². The Morgan fingerprint density at radius 2 is 1.39 bits per heavy atom. The molecule has 180 valence electrons. The Kier molecular flexibility index (Phi) is 7.99. The van der Waals surface area contributed by atoms with Crippen molar-refractivity contribution in [3.8, 4) is 22.6 Å². The summed E-state index contributed by atoms with van der Waals surface area (Å²) in [4.78, 5) is -0.0492. The van der Waals surface area contributed by atoms with E-state index < -0.39 is 18.0 Å². The summed E-state index contributed by atoms with van der Waals surface area (Å²) < 4.78 is 48.0. The van der Waals surface area contributed by atoms with Gasteiger partial charge in [0.2, 0.25) is 0 Å². The summed E-state index contributed by atoms with van der Waals surface area (Å²) in [5.74, 6) is 0.789. The highest BCUT2D eigenvalue weighted by Gasteiger charge is 2.38. The zero-order chi connectivity index (χ0) is 23.4. The average molecular weight is 491 g/mol. The SMILES string of the molecule is COc1cc(P(C2CCCCC2)C2CCCCC2)c(S(=O)(=O)O)c(OC)c1-c1ccccc1. The van der Waals surface area contributed by atoms with Crippen LogP contribution in [0.5, 0.6) is 11.5 Å². The summed E-state index contributed by atoms with van der Waals surface area (Å²) in [5, 5.41) is 0.736. The highest BCUT2D eigenvalue weighted by Crippen LogP contribution is 2.58. The number of hydrogen-bond donors (Lipinski definition) is 1. The van der Waals surface area contributed by atoms with Crippen molar-refractivity contribution in [3.05, 3.63) is 36.4 Å². The third-order valence-electron chi connectivity index (χ3n) is 7.14. The van der Waals surface area contributed by atoms with Gasteiger partial charge in [0.05, 0.1) is 19.8 Å². The van der Waals surface area contributed by atoms with E-state index in [1.165, 1.54) is 45.6 Å². The number of methoxy groups -OCH3 is 2. The van der Waals surface area contributed by atoms with Crippen LogP contribution in [-0.4, -0.2) is 38.5 Å². The molecule has 2 fully saturated rings. The first-order valence-electron chi connectivity index (χ1n) is 12.1. The molecule has 2 aromatic rings. The maximum atomic E-state index is 12.9. The molecule has 0 saturated heterocycles. The maximum absolute atomic E-state index is 12.9. The van der Waals surface area contributed by atoms with Crippen LogP contribution in [0.3, 0.4) is 0 Å². The van der Waals surface area contributed by atoms with E-state index in [9.17, 15) is 13.0 Å². The largest absolute Gasteiger partial charge is 0.496 e. The van der Waals surface area contributed by atoms with Crippen LogP contribution in [0.2, 0.25) is 0 Å². The van der Waals surface area contributed by atoms with E-state index >= 15 is 0 Å². The zero-order valence-electron chi connectivity index (χ0n) is 19.6. The fourth-order valence-corrected chi connectivity index (χ4v) is 10.9. The lowest BCUT2D eigenvalue weighted by atomic mass is 9.99. The summed E-state index contributed by atoms with van der Waals surface area (Å²) in [6.45, 7) is 0. The Bertz CT molecular complexity index is 1020. The van der Waals surface area contributed by atoms with Crippen molar-refractivity contribution in [3.63, 3.8) is 0 Å². The third kappa shape index (κ3) is 5.23. The number of hydrogen-bond acceptors (Lipinski definition) is 4. The molecule has 0 amide bonds. The minimum absolute atomic E-state index is 0.0492. The molecule has 0 aromatic heterocycles. The lowest BCUT2D eigenvalue weighted by Gasteiger charge is -2.39. The van der Waals surface area contributed by atoms with Crippen LogP contribution in [0.15, 0.2) is 41.3 Å². The predicted molar refractivity (Wildman–Crippen MR) is 135 cm³/mol. The van der Waals surface area contributed by atoms with Crippen molar-refractivity contribution >= 4 is 23.3 Å². The van der Waals surface area contributed by atoms with E-state index in [1.54, 1.807) is 7.11 Å². The van der Waals surface area contributed by atoms with Crippen LogP contribution in [0.1, 0.15) is 64.2 Å². The van der Waals surface area contributed by atoms with Crippen LogP contribution in [0, 0.1) is 0 Å². The van der Waals surface area contributed by atoms with Crippen molar-refractivity contribution in [2.75, 3.05) is 14.2 Å². The van der Waals surface area contributed by atoms with Crippen LogP contribution >= 0.6 is 7.92 Å². The quantitative estimate of drug-likeness (QED) is 0.360. The van der Waals surface area contributed by atoms with Crippen molar-refractivity contribution in [1.82, 2.24) is 0 Å². The van der Waals surface area contributed by atoms with Crippen molar-refractivity contribution < 1.29 is 22.4 Å². The van der Waals surface area contributed by atoms with Gasteiger partial charge in [-0.1, -0.05) is 76.8 Å². The lowest BCUT2D eigenvalue weighted by molar-refractivity contribution is 0.387.